The van der Waals surface area contributed by atoms with Gasteiger partial charge >= 0.3 is 0 Å². The molecule has 0 bridgehead atoms. The van der Waals surface area contributed by atoms with E-state index >= 15 is 0 Å². The van der Waals surface area contributed by atoms with Crippen LogP contribution in [0, 0.1) is 0 Å². The van der Waals surface area contributed by atoms with Crippen LogP contribution in [-0.4, -0.2) is 50.0 Å². The molecule has 0 saturated heterocycles. The third kappa shape index (κ3) is 6.62. The zero-order chi connectivity index (χ0) is 19.7. The Kier molecular flexibility index (Phi) is 8.24. The summed E-state index contributed by atoms with van der Waals surface area (Å²) in [7, 11) is -3.85. The van der Waals surface area contributed by atoms with Gasteiger partial charge in [0.15, 0.2) is 0 Å². The summed E-state index contributed by atoms with van der Waals surface area (Å²) in [5.41, 5.74) is 0.981. The average Bonchev–Trinajstić information content (AvgIpc) is 2.66. The van der Waals surface area contributed by atoms with Gasteiger partial charge in [-0.2, -0.15) is 4.31 Å². The van der Waals surface area contributed by atoms with Gasteiger partial charge in [-0.25, -0.2) is 8.42 Å². The summed E-state index contributed by atoms with van der Waals surface area (Å²) in [4.78, 5) is 12.2. The monoisotopic (exact) mass is 410 g/mol. The maximum absolute atomic E-state index is 13.0. The minimum atomic E-state index is -3.85. The van der Waals surface area contributed by atoms with E-state index in [9.17, 15) is 13.2 Å². The van der Waals surface area contributed by atoms with Crippen LogP contribution in [0.25, 0.3) is 0 Å². The van der Waals surface area contributed by atoms with Gasteiger partial charge in [0.05, 0.1) is 11.4 Å². The van der Waals surface area contributed by atoms with Crippen molar-refractivity contribution in [3.05, 3.63) is 65.2 Å². The molecule has 2 N–H and O–H groups in total. The molecule has 0 unspecified atom stereocenters. The third-order valence-corrected chi connectivity index (χ3v) is 6.03. The van der Waals surface area contributed by atoms with Crippen molar-refractivity contribution >= 4 is 27.5 Å². The van der Waals surface area contributed by atoms with Gasteiger partial charge < -0.3 is 10.4 Å². The van der Waals surface area contributed by atoms with Crippen molar-refractivity contribution in [1.82, 2.24) is 9.62 Å². The number of nitrogens with one attached hydrogen (secondary N) is 1. The molecule has 0 aliphatic heterocycles. The van der Waals surface area contributed by atoms with E-state index in [1.165, 1.54) is 24.3 Å². The lowest BCUT2D eigenvalue weighted by Gasteiger charge is -2.22. The summed E-state index contributed by atoms with van der Waals surface area (Å²) < 4.78 is 27.2. The minimum absolute atomic E-state index is 0.0406. The first-order chi connectivity index (χ1) is 12.9. The molecule has 6 nitrogen and oxygen atoms in total. The topological polar surface area (TPSA) is 86.7 Å². The Balaban J connectivity index is 2.16. The second-order valence-electron chi connectivity index (χ2n) is 5.96. The Morgan fingerprint density at radius 2 is 1.74 bits per heavy atom. The van der Waals surface area contributed by atoms with E-state index in [4.69, 9.17) is 16.7 Å². The summed E-state index contributed by atoms with van der Waals surface area (Å²) in [5, 5.41) is 11.9. The van der Waals surface area contributed by atoms with Crippen LogP contribution in [0.2, 0.25) is 5.02 Å². The molecule has 2 aromatic rings. The number of sulfonamides is 1. The molecule has 0 saturated carbocycles. The number of hydrogen-bond acceptors (Lipinski definition) is 4. The van der Waals surface area contributed by atoms with Crippen molar-refractivity contribution in [3.63, 3.8) is 0 Å². The Bertz CT molecular complexity index is 827. The van der Waals surface area contributed by atoms with Gasteiger partial charge in [-0.3, -0.25) is 4.79 Å². The lowest BCUT2D eigenvalue weighted by atomic mass is 10.1. The van der Waals surface area contributed by atoms with Gasteiger partial charge in [-0.1, -0.05) is 41.9 Å². The van der Waals surface area contributed by atoms with Gasteiger partial charge in [0.2, 0.25) is 15.9 Å². The number of carbonyl (C=O) groups excluding carboxylic acids is 1. The van der Waals surface area contributed by atoms with Crippen LogP contribution in [0.1, 0.15) is 12.0 Å². The first-order valence-corrected chi connectivity index (χ1v) is 10.4. The van der Waals surface area contributed by atoms with Crippen LogP contribution in [-0.2, 0) is 21.2 Å². The number of carbonyl (C=O) groups is 1. The number of hydrogen-bond donors (Lipinski definition) is 2. The molecule has 1 amide bonds. The molecule has 8 heteroatoms. The Morgan fingerprint density at radius 1 is 1.07 bits per heavy atom. The molecular weight excluding hydrogens is 388 g/mol. The second kappa shape index (κ2) is 10.4. The van der Waals surface area contributed by atoms with Gasteiger partial charge in [0.1, 0.15) is 0 Å². The minimum Gasteiger partial charge on any atom is -0.396 e. The van der Waals surface area contributed by atoms with Crippen LogP contribution in [0.15, 0.2) is 59.5 Å². The highest BCUT2D eigenvalue weighted by atomic mass is 35.5. The van der Waals surface area contributed by atoms with Crippen molar-refractivity contribution in [2.45, 2.75) is 17.7 Å². The predicted octanol–water partition coefficient (Wildman–Crippen LogP) is 2.07. The van der Waals surface area contributed by atoms with Gasteiger partial charge in [-0.05, 0) is 42.7 Å². The highest BCUT2D eigenvalue weighted by Gasteiger charge is 2.26. The fourth-order valence-electron chi connectivity index (χ4n) is 2.46. The Hall–Kier alpha value is -1.93. The van der Waals surface area contributed by atoms with E-state index in [1.807, 2.05) is 30.3 Å². The third-order valence-electron chi connectivity index (χ3n) is 3.92. The second-order valence-corrected chi connectivity index (χ2v) is 8.33. The van der Waals surface area contributed by atoms with Crippen LogP contribution in [0.4, 0.5) is 0 Å². The molecule has 0 radical (unpaired) electrons. The molecule has 0 spiro atoms. The van der Waals surface area contributed by atoms with E-state index in [-0.39, 0.29) is 24.6 Å². The summed E-state index contributed by atoms with van der Waals surface area (Å²) in [6, 6.07) is 15.3. The maximum atomic E-state index is 13.0. The molecule has 0 aromatic heterocycles. The number of aliphatic hydroxyl groups is 1. The van der Waals surface area contributed by atoms with E-state index < -0.39 is 15.9 Å². The molecule has 2 rings (SSSR count). The van der Waals surface area contributed by atoms with Crippen LogP contribution < -0.4 is 5.32 Å². The molecule has 0 aliphatic rings. The number of benzene rings is 2. The molecule has 146 valence electrons. The van der Waals surface area contributed by atoms with Gasteiger partial charge in [0, 0.05) is 24.7 Å². The number of halogens is 1. The number of aliphatic hydroxyl groups excluding tert-OH is 1. The number of rotatable bonds is 10. The lowest BCUT2D eigenvalue weighted by Crippen LogP contribution is -2.42. The van der Waals surface area contributed by atoms with Crippen molar-refractivity contribution < 1.29 is 18.3 Å². The van der Waals surface area contributed by atoms with Crippen LogP contribution in [0.5, 0.6) is 0 Å². The Morgan fingerprint density at radius 3 is 2.37 bits per heavy atom. The molecular formula is C19H23ClN2O4S. The van der Waals surface area contributed by atoms with Crippen molar-refractivity contribution in [1.29, 1.82) is 0 Å². The Labute approximate surface area is 164 Å². The number of amides is 1. The standard InChI is InChI=1S/C19H23ClN2O4S/c20-17-7-9-18(10-8-17)27(25,26)22(15-19(24)21-12-4-14-23)13-11-16-5-2-1-3-6-16/h1-3,5-10,23H,4,11-15H2,(H,21,24). The fourth-order valence-corrected chi connectivity index (χ4v) is 3.98. The first kappa shape index (κ1) is 21.4. The van der Waals surface area contributed by atoms with E-state index in [2.05, 4.69) is 5.32 Å². The number of nitrogens with zero attached hydrogens (tertiary/aromatic N) is 1. The van der Waals surface area contributed by atoms with Crippen LogP contribution in [0.3, 0.4) is 0 Å². The van der Waals surface area contributed by atoms with Gasteiger partial charge in [0.25, 0.3) is 0 Å². The SMILES string of the molecule is O=C(CN(CCc1ccccc1)S(=O)(=O)c1ccc(Cl)cc1)NCCCO. The fraction of sp³-hybridized carbons (Fsp3) is 0.316. The molecule has 0 heterocycles. The first-order valence-electron chi connectivity index (χ1n) is 8.60. The smallest absolute Gasteiger partial charge is 0.243 e. The zero-order valence-electron chi connectivity index (χ0n) is 14.8. The predicted molar refractivity (Wildman–Crippen MR) is 105 cm³/mol. The quantitative estimate of drug-likeness (QED) is 0.587. The van der Waals surface area contributed by atoms with Gasteiger partial charge in [-0.15, -0.1) is 0 Å². The normalized spacial score (nSPS) is 11.5. The molecule has 0 atom stereocenters. The summed E-state index contributed by atoms with van der Waals surface area (Å²) in [6.45, 7) is 0.134. The van der Waals surface area contributed by atoms with E-state index in [0.29, 0.717) is 24.4 Å². The highest BCUT2D eigenvalue weighted by Crippen LogP contribution is 2.19. The van der Waals surface area contributed by atoms with Crippen molar-refractivity contribution in [3.8, 4) is 0 Å². The van der Waals surface area contributed by atoms with E-state index in [0.717, 1.165) is 9.87 Å². The van der Waals surface area contributed by atoms with Crippen molar-refractivity contribution in [2.75, 3.05) is 26.2 Å². The van der Waals surface area contributed by atoms with Crippen LogP contribution >= 0.6 is 11.6 Å². The summed E-state index contributed by atoms with van der Waals surface area (Å²) in [6.07, 6.45) is 0.900. The maximum Gasteiger partial charge on any atom is 0.243 e. The lowest BCUT2D eigenvalue weighted by molar-refractivity contribution is -0.121. The zero-order valence-corrected chi connectivity index (χ0v) is 16.4. The largest absolute Gasteiger partial charge is 0.396 e. The molecule has 2 aromatic carbocycles. The molecule has 0 fully saturated rings. The van der Waals surface area contributed by atoms with E-state index in [1.54, 1.807) is 0 Å². The highest BCUT2D eigenvalue weighted by molar-refractivity contribution is 7.89. The molecule has 27 heavy (non-hydrogen) atoms. The molecule has 0 aliphatic carbocycles. The summed E-state index contributed by atoms with van der Waals surface area (Å²) in [5.74, 6) is -0.408. The summed E-state index contributed by atoms with van der Waals surface area (Å²) >= 11 is 5.84. The average molecular weight is 411 g/mol. The van der Waals surface area contributed by atoms with Crippen molar-refractivity contribution in [2.24, 2.45) is 0 Å².